The number of aliphatic hydroxyl groups is 1. The van der Waals surface area contributed by atoms with Crippen molar-refractivity contribution in [3.8, 4) is 10.4 Å². The summed E-state index contributed by atoms with van der Waals surface area (Å²) >= 11 is 3.54. The van der Waals surface area contributed by atoms with Gasteiger partial charge in [-0.25, -0.2) is 0 Å². The minimum Gasteiger partial charge on any atom is -0.391 e. The van der Waals surface area contributed by atoms with Gasteiger partial charge in [-0.1, -0.05) is 6.07 Å². The number of nitrogens with one attached hydrogen (secondary N) is 1. The lowest BCUT2D eigenvalue weighted by atomic mass is 10.2. The van der Waals surface area contributed by atoms with E-state index in [1.54, 1.807) is 29.8 Å². The fourth-order valence-electron chi connectivity index (χ4n) is 1.80. The van der Waals surface area contributed by atoms with Crippen LogP contribution in [0.5, 0.6) is 0 Å². The van der Waals surface area contributed by atoms with Crippen LogP contribution in [0, 0.1) is 0 Å². The van der Waals surface area contributed by atoms with Crippen LogP contribution < -0.4 is 5.32 Å². The molecule has 0 aliphatic heterocycles. The first-order valence-electron chi connectivity index (χ1n) is 6.28. The second kappa shape index (κ2) is 7.77. The van der Waals surface area contributed by atoms with E-state index >= 15 is 0 Å². The van der Waals surface area contributed by atoms with Crippen LogP contribution in [0.25, 0.3) is 10.4 Å². The minimum absolute atomic E-state index is 0.373. The van der Waals surface area contributed by atoms with Crippen molar-refractivity contribution in [1.29, 1.82) is 0 Å². The summed E-state index contributed by atoms with van der Waals surface area (Å²) in [6, 6.07) is 6.45. The zero-order valence-electron chi connectivity index (χ0n) is 11.0. The second-order valence-corrected chi connectivity index (χ2v) is 6.30. The number of hydrogen-bond acceptors (Lipinski definition) is 5. The predicted octanol–water partition coefficient (Wildman–Crippen LogP) is 2.96. The Labute approximate surface area is 121 Å². The van der Waals surface area contributed by atoms with E-state index in [0.717, 1.165) is 19.5 Å². The van der Waals surface area contributed by atoms with E-state index in [1.807, 2.05) is 0 Å². The molecule has 2 N–H and O–H groups in total. The average Bonchev–Trinajstić information content (AvgIpc) is 3.05. The number of aliphatic hydroxyl groups excluding tert-OH is 1. The first kappa shape index (κ1) is 14.7. The lowest BCUT2D eigenvalue weighted by molar-refractivity contribution is 0.0594. The smallest absolute Gasteiger partial charge is 0.0785 e. The summed E-state index contributed by atoms with van der Waals surface area (Å²) < 4.78 is 4.89. The van der Waals surface area contributed by atoms with Gasteiger partial charge in [-0.05, 0) is 35.9 Å². The third-order valence-corrected chi connectivity index (χ3v) is 4.63. The summed E-state index contributed by atoms with van der Waals surface area (Å²) in [5.74, 6) is 0. The van der Waals surface area contributed by atoms with Gasteiger partial charge in [0.2, 0.25) is 0 Å². The maximum absolute atomic E-state index is 9.51. The molecule has 0 saturated heterocycles. The summed E-state index contributed by atoms with van der Waals surface area (Å²) in [6.45, 7) is 2.07. The van der Waals surface area contributed by atoms with Crippen LogP contribution in [0.3, 0.4) is 0 Å². The quantitative estimate of drug-likeness (QED) is 0.736. The molecular formula is C14H19NO2S2. The van der Waals surface area contributed by atoms with E-state index in [-0.39, 0.29) is 6.10 Å². The van der Waals surface area contributed by atoms with Gasteiger partial charge in [-0.15, -0.1) is 22.7 Å². The molecule has 2 rings (SSSR count). The molecule has 0 saturated carbocycles. The fraction of sp³-hybridized carbons (Fsp3) is 0.429. The number of methoxy groups -OCH3 is 1. The molecule has 2 aromatic heterocycles. The van der Waals surface area contributed by atoms with Crippen LogP contribution in [0.1, 0.15) is 11.3 Å². The summed E-state index contributed by atoms with van der Waals surface area (Å²) in [7, 11) is 1.61. The van der Waals surface area contributed by atoms with E-state index in [2.05, 4.69) is 34.3 Å². The highest BCUT2D eigenvalue weighted by molar-refractivity contribution is 7.14. The van der Waals surface area contributed by atoms with Crippen LogP contribution in [0.4, 0.5) is 0 Å². The van der Waals surface area contributed by atoms with Gasteiger partial charge in [-0.2, -0.15) is 0 Å². The summed E-state index contributed by atoms with van der Waals surface area (Å²) in [4.78, 5) is 2.64. The molecule has 2 heterocycles. The highest BCUT2D eigenvalue weighted by atomic mass is 32.1. The fourth-order valence-corrected chi connectivity index (χ4v) is 3.44. The van der Waals surface area contributed by atoms with Crippen molar-refractivity contribution in [2.75, 3.05) is 20.3 Å². The Morgan fingerprint density at radius 1 is 1.42 bits per heavy atom. The van der Waals surface area contributed by atoms with Gasteiger partial charge < -0.3 is 15.2 Å². The Bertz CT molecular complexity index is 468. The molecule has 0 fully saturated rings. The largest absolute Gasteiger partial charge is 0.391 e. The highest BCUT2D eigenvalue weighted by Crippen LogP contribution is 2.29. The highest BCUT2D eigenvalue weighted by Gasteiger charge is 2.05. The van der Waals surface area contributed by atoms with Crippen molar-refractivity contribution in [3.63, 3.8) is 0 Å². The molecule has 2 aromatic rings. The van der Waals surface area contributed by atoms with Crippen molar-refractivity contribution < 1.29 is 9.84 Å². The number of rotatable bonds is 8. The SMILES string of the molecule is COCC(O)CCNCc1cc(-c2cccs2)cs1. The van der Waals surface area contributed by atoms with Crippen LogP contribution in [0.2, 0.25) is 0 Å². The molecule has 0 aliphatic rings. The Balaban J connectivity index is 1.72. The van der Waals surface area contributed by atoms with Gasteiger partial charge in [0.05, 0.1) is 12.7 Å². The van der Waals surface area contributed by atoms with Crippen molar-refractivity contribution in [1.82, 2.24) is 5.32 Å². The van der Waals surface area contributed by atoms with Gasteiger partial charge in [0.1, 0.15) is 0 Å². The van der Waals surface area contributed by atoms with E-state index < -0.39 is 0 Å². The third kappa shape index (κ3) is 4.71. The normalized spacial score (nSPS) is 12.7. The lowest BCUT2D eigenvalue weighted by Crippen LogP contribution is -2.22. The van der Waals surface area contributed by atoms with Crippen LogP contribution in [-0.2, 0) is 11.3 Å². The lowest BCUT2D eigenvalue weighted by Gasteiger charge is -2.09. The predicted molar refractivity (Wildman–Crippen MR) is 81.8 cm³/mol. The van der Waals surface area contributed by atoms with Crippen LogP contribution in [0.15, 0.2) is 29.0 Å². The molecule has 1 unspecified atom stereocenters. The van der Waals surface area contributed by atoms with Gasteiger partial charge in [0.15, 0.2) is 0 Å². The average molecular weight is 297 g/mol. The molecule has 0 radical (unpaired) electrons. The molecule has 3 nitrogen and oxygen atoms in total. The Morgan fingerprint density at radius 3 is 3.05 bits per heavy atom. The first-order chi connectivity index (χ1) is 9.29. The first-order valence-corrected chi connectivity index (χ1v) is 8.04. The summed E-state index contributed by atoms with van der Waals surface area (Å²) in [6.07, 6.45) is 0.347. The molecule has 0 spiro atoms. The van der Waals surface area contributed by atoms with Gasteiger partial charge in [0.25, 0.3) is 0 Å². The van der Waals surface area contributed by atoms with E-state index in [9.17, 15) is 5.11 Å². The maximum atomic E-state index is 9.51. The van der Waals surface area contributed by atoms with E-state index in [1.165, 1.54) is 15.3 Å². The number of hydrogen-bond donors (Lipinski definition) is 2. The molecule has 104 valence electrons. The molecule has 1 atom stereocenters. The molecule has 19 heavy (non-hydrogen) atoms. The Kier molecular flexibility index (Phi) is 6.00. The van der Waals surface area contributed by atoms with E-state index in [0.29, 0.717) is 6.61 Å². The molecule has 0 amide bonds. The molecule has 0 aromatic carbocycles. The van der Waals surface area contributed by atoms with Crippen molar-refractivity contribution in [3.05, 3.63) is 33.8 Å². The van der Waals surface area contributed by atoms with Crippen molar-refractivity contribution >= 4 is 22.7 Å². The third-order valence-electron chi connectivity index (χ3n) is 2.77. The molecular weight excluding hydrogens is 278 g/mol. The standard InChI is InChI=1S/C14H19NO2S2/c1-17-9-12(16)4-5-15-8-13-7-11(10-19-13)14-3-2-6-18-14/h2-3,6-7,10,12,15-16H,4-5,8-9H2,1H3. The van der Waals surface area contributed by atoms with Crippen LogP contribution in [-0.4, -0.2) is 31.5 Å². The topological polar surface area (TPSA) is 41.5 Å². The summed E-state index contributed by atoms with van der Waals surface area (Å²) in [5.41, 5.74) is 1.30. The number of thiophene rings is 2. The second-order valence-electron chi connectivity index (χ2n) is 4.35. The van der Waals surface area contributed by atoms with Crippen LogP contribution >= 0.6 is 22.7 Å². The summed E-state index contributed by atoms with van der Waals surface area (Å²) in [5, 5.41) is 17.2. The zero-order valence-corrected chi connectivity index (χ0v) is 12.6. The Hall–Kier alpha value is -0.720. The van der Waals surface area contributed by atoms with Crippen molar-refractivity contribution in [2.45, 2.75) is 19.1 Å². The number of ether oxygens (including phenoxy) is 1. The minimum atomic E-state index is -0.373. The van der Waals surface area contributed by atoms with Crippen molar-refractivity contribution in [2.24, 2.45) is 0 Å². The zero-order chi connectivity index (χ0) is 13.5. The maximum Gasteiger partial charge on any atom is 0.0785 e. The monoisotopic (exact) mass is 297 g/mol. The van der Waals surface area contributed by atoms with E-state index in [4.69, 9.17) is 4.74 Å². The van der Waals surface area contributed by atoms with Gasteiger partial charge in [-0.3, -0.25) is 0 Å². The molecule has 5 heteroatoms. The molecule has 0 bridgehead atoms. The van der Waals surface area contributed by atoms with Gasteiger partial charge in [0, 0.05) is 29.0 Å². The Morgan fingerprint density at radius 2 is 2.32 bits per heavy atom. The molecule has 0 aliphatic carbocycles. The van der Waals surface area contributed by atoms with Gasteiger partial charge >= 0.3 is 0 Å².